The zero-order valence-electron chi connectivity index (χ0n) is 16.8. The summed E-state index contributed by atoms with van der Waals surface area (Å²) >= 11 is 12.3. The second kappa shape index (κ2) is 9.42. The summed E-state index contributed by atoms with van der Waals surface area (Å²) in [7, 11) is 0. The molecule has 0 aliphatic heterocycles. The van der Waals surface area contributed by atoms with Crippen molar-refractivity contribution < 1.29 is 18.4 Å². The highest BCUT2D eigenvalue weighted by atomic mass is 35.5. The third-order valence-corrected chi connectivity index (χ3v) is 5.20. The van der Waals surface area contributed by atoms with Crippen LogP contribution in [0.25, 0.3) is 0 Å². The van der Waals surface area contributed by atoms with Gasteiger partial charge in [0.05, 0.1) is 17.1 Å². The summed E-state index contributed by atoms with van der Waals surface area (Å²) in [5, 5.41) is 11.5. The van der Waals surface area contributed by atoms with Gasteiger partial charge in [-0.05, 0) is 36.8 Å². The minimum Gasteiger partial charge on any atom is -0.487 e. The quantitative estimate of drug-likeness (QED) is 0.382. The highest BCUT2D eigenvalue weighted by Crippen LogP contribution is 2.26. The predicted molar refractivity (Wildman–Crippen MR) is 118 cm³/mol. The normalized spacial score (nSPS) is 10.9. The Hall–Kier alpha value is -3.36. The Labute approximate surface area is 192 Å². The van der Waals surface area contributed by atoms with E-state index in [1.54, 1.807) is 54.2 Å². The number of anilines is 1. The molecule has 1 N–H and O–H groups in total. The largest absolute Gasteiger partial charge is 0.487 e. The van der Waals surface area contributed by atoms with Gasteiger partial charge in [-0.1, -0.05) is 52.6 Å². The van der Waals surface area contributed by atoms with Crippen LogP contribution in [0, 0.1) is 12.7 Å². The molecule has 7 nitrogen and oxygen atoms in total. The zero-order chi connectivity index (χ0) is 22.7. The molecule has 0 saturated heterocycles. The van der Waals surface area contributed by atoms with Gasteiger partial charge in [0.1, 0.15) is 29.0 Å². The number of hydrogen-bond acceptors (Lipinski definition) is 5. The molecule has 164 valence electrons. The fourth-order valence-electron chi connectivity index (χ4n) is 2.96. The summed E-state index contributed by atoms with van der Waals surface area (Å²) in [5.41, 5.74) is 1.36. The summed E-state index contributed by atoms with van der Waals surface area (Å²) in [4.78, 5) is 12.8. The fourth-order valence-corrected chi connectivity index (χ4v) is 3.35. The molecule has 32 heavy (non-hydrogen) atoms. The Morgan fingerprint density at radius 1 is 1.16 bits per heavy atom. The predicted octanol–water partition coefficient (Wildman–Crippen LogP) is 5.51. The van der Waals surface area contributed by atoms with Gasteiger partial charge in [0.25, 0.3) is 5.91 Å². The van der Waals surface area contributed by atoms with Gasteiger partial charge >= 0.3 is 0 Å². The van der Waals surface area contributed by atoms with Crippen molar-refractivity contribution in [2.45, 2.75) is 20.1 Å². The van der Waals surface area contributed by atoms with E-state index in [2.05, 4.69) is 15.6 Å². The number of amides is 1. The molecule has 2 aromatic heterocycles. The van der Waals surface area contributed by atoms with Crippen LogP contribution in [0.4, 0.5) is 10.2 Å². The zero-order valence-corrected chi connectivity index (χ0v) is 18.3. The van der Waals surface area contributed by atoms with E-state index < -0.39 is 5.91 Å². The third-order valence-electron chi connectivity index (χ3n) is 4.62. The van der Waals surface area contributed by atoms with Gasteiger partial charge in [-0.15, -0.1) is 0 Å². The first-order chi connectivity index (χ1) is 15.4. The number of aryl methyl sites for hydroxylation is 1. The van der Waals surface area contributed by atoms with E-state index in [9.17, 15) is 9.18 Å². The Balaban J connectivity index is 1.47. The van der Waals surface area contributed by atoms with Crippen LogP contribution in [-0.2, 0) is 13.2 Å². The van der Waals surface area contributed by atoms with Gasteiger partial charge in [0, 0.05) is 6.20 Å². The molecule has 4 rings (SSSR count). The van der Waals surface area contributed by atoms with Gasteiger partial charge in [-0.25, -0.2) is 4.39 Å². The van der Waals surface area contributed by atoms with E-state index in [1.807, 2.05) is 0 Å². The van der Waals surface area contributed by atoms with Crippen molar-refractivity contribution in [2.75, 3.05) is 5.32 Å². The number of para-hydroxylation sites is 1. The van der Waals surface area contributed by atoms with Crippen LogP contribution in [0.15, 0.2) is 59.3 Å². The summed E-state index contributed by atoms with van der Waals surface area (Å²) in [6.45, 7) is 2.07. The molecular weight excluding hydrogens is 458 g/mol. The molecule has 0 atom stereocenters. The molecule has 4 aromatic rings. The Kier molecular flexibility index (Phi) is 6.43. The van der Waals surface area contributed by atoms with Gasteiger partial charge in [0.15, 0.2) is 11.5 Å². The molecule has 0 aliphatic rings. The lowest BCUT2D eigenvalue weighted by molar-refractivity contribution is 0.101. The van der Waals surface area contributed by atoms with Crippen molar-refractivity contribution in [3.05, 3.63) is 93.2 Å². The Bertz CT molecular complexity index is 1250. The number of carbonyl (C=O) groups is 1. The molecule has 0 saturated carbocycles. The molecule has 0 unspecified atom stereocenters. The van der Waals surface area contributed by atoms with Crippen molar-refractivity contribution >= 4 is 34.9 Å². The van der Waals surface area contributed by atoms with Crippen LogP contribution in [-0.4, -0.2) is 20.8 Å². The highest BCUT2D eigenvalue weighted by molar-refractivity contribution is 6.33. The van der Waals surface area contributed by atoms with Crippen LogP contribution in [0.1, 0.15) is 27.4 Å². The van der Waals surface area contributed by atoms with Crippen LogP contribution >= 0.6 is 23.2 Å². The topological polar surface area (TPSA) is 82.2 Å². The van der Waals surface area contributed by atoms with Crippen LogP contribution in [0.3, 0.4) is 0 Å². The average Bonchev–Trinajstić information content (AvgIpc) is 3.31. The number of ether oxygens (including phenoxy) is 1. The molecule has 10 heteroatoms. The van der Waals surface area contributed by atoms with Gasteiger partial charge in [-0.2, -0.15) is 5.10 Å². The molecule has 0 bridgehead atoms. The smallest absolute Gasteiger partial charge is 0.279 e. The number of aromatic nitrogens is 3. The third kappa shape index (κ3) is 4.92. The van der Waals surface area contributed by atoms with Crippen LogP contribution in [0.2, 0.25) is 10.0 Å². The molecular formula is C22H17Cl2FN4O3. The van der Waals surface area contributed by atoms with Crippen molar-refractivity contribution in [3.8, 4) is 5.75 Å². The first-order valence-corrected chi connectivity index (χ1v) is 10.3. The lowest BCUT2D eigenvalue weighted by Crippen LogP contribution is -2.16. The Morgan fingerprint density at radius 3 is 2.66 bits per heavy atom. The molecule has 2 aromatic carbocycles. The minimum atomic E-state index is -0.548. The number of nitrogens with one attached hydrogen (secondary N) is 1. The van der Waals surface area contributed by atoms with Gasteiger partial charge in [0.2, 0.25) is 0 Å². The van der Waals surface area contributed by atoms with E-state index in [1.165, 1.54) is 12.1 Å². The maximum atomic E-state index is 13.1. The van der Waals surface area contributed by atoms with Crippen molar-refractivity contribution in [1.82, 2.24) is 14.9 Å². The maximum absolute atomic E-state index is 13.1. The molecule has 0 aliphatic carbocycles. The summed E-state index contributed by atoms with van der Waals surface area (Å²) < 4.78 is 25.5. The number of carbonyl (C=O) groups excluding carboxylic acids is 1. The minimum absolute atomic E-state index is 0.0363. The summed E-state index contributed by atoms with van der Waals surface area (Å²) in [6.07, 6.45) is 1.57. The molecule has 1 amide bonds. The highest BCUT2D eigenvalue weighted by Gasteiger charge is 2.22. The SMILES string of the molecule is Cc1onc(C(=O)Nc2nn(Cc3ccc(F)cc3)cc2Cl)c1COc1ccccc1Cl. The number of nitrogens with zero attached hydrogens (tertiary/aromatic N) is 3. The fraction of sp³-hybridized carbons (Fsp3) is 0.136. The van der Waals surface area contributed by atoms with E-state index in [-0.39, 0.29) is 29.0 Å². The summed E-state index contributed by atoms with van der Waals surface area (Å²) in [5.74, 6) is 0.210. The molecule has 0 spiro atoms. The van der Waals surface area contributed by atoms with Gasteiger partial charge in [-0.3, -0.25) is 9.48 Å². The summed E-state index contributed by atoms with van der Waals surface area (Å²) in [6, 6.07) is 13.0. The number of benzene rings is 2. The Morgan fingerprint density at radius 2 is 1.91 bits per heavy atom. The van der Waals surface area contributed by atoms with E-state index in [0.717, 1.165) is 5.56 Å². The standard InChI is InChI=1S/C22H17Cl2FN4O3/c1-13-16(12-31-19-5-3-2-4-17(19)23)20(28-32-13)22(30)26-21-18(24)11-29(27-21)10-14-6-8-15(25)9-7-14/h2-9,11H,10,12H2,1H3,(H,26,27,30). The van der Waals surface area contributed by atoms with E-state index in [0.29, 0.717) is 28.6 Å². The van der Waals surface area contributed by atoms with Crippen molar-refractivity contribution in [1.29, 1.82) is 0 Å². The molecule has 2 heterocycles. The monoisotopic (exact) mass is 474 g/mol. The van der Waals surface area contributed by atoms with Crippen molar-refractivity contribution in [3.63, 3.8) is 0 Å². The number of halogens is 3. The maximum Gasteiger partial charge on any atom is 0.279 e. The van der Waals surface area contributed by atoms with E-state index in [4.69, 9.17) is 32.5 Å². The first kappa shape index (κ1) is 21.9. The molecule has 0 radical (unpaired) electrons. The number of rotatable bonds is 7. The van der Waals surface area contributed by atoms with Crippen molar-refractivity contribution in [2.24, 2.45) is 0 Å². The van der Waals surface area contributed by atoms with Crippen LogP contribution in [0.5, 0.6) is 5.75 Å². The molecule has 0 fully saturated rings. The van der Waals surface area contributed by atoms with E-state index >= 15 is 0 Å². The second-order valence-corrected chi connectivity index (χ2v) is 7.70. The first-order valence-electron chi connectivity index (χ1n) is 9.52. The van der Waals surface area contributed by atoms with Gasteiger partial charge < -0.3 is 14.6 Å². The second-order valence-electron chi connectivity index (χ2n) is 6.89. The average molecular weight is 475 g/mol. The lowest BCUT2D eigenvalue weighted by atomic mass is 10.2. The van der Waals surface area contributed by atoms with Crippen LogP contribution < -0.4 is 10.1 Å². The number of hydrogen-bond donors (Lipinski definition) is 1. The lowest BCUT2D eigenvalue weighted by Gasteiger charge is -2.08.